The van der Waals surface area contributed by atoms with Gasteiger partial charge in [0.25, 0.3) is 0 Å². The molecule has 0 saturated carbocycles. The maximum absolute atomic E-state index is 11.7. The van der Waals surface area contributed by atoms with E-state index in [1.807, 2.05) is 0 Å². The van der Waals surface area contributed by atoms with E-state index in [4.69, 9.17) is 5.73 Å². The van der Waals surface area contributed by atoms with Crippen molar-refractivity contribution in [2.45, 2.75) is 77.6 Å². The van der Waals surface area contributed by atoms with Gasteiger partial charge in [0.15, 0.2) is 0 Å². The van der Waals surface area contributed by atoms with Crippen molar-refractivity contribution in [3.8, 4) is 0 Å². The van der Waals surface area contributed by atoms with Crippen molar-refractivity contribution in [2.75, 3.05) is 19.3 Å². The molecule has 0 radical (unpaired) electrons. The van der Waals surface area contributed by atoms with Gasteiger partial charge in [-0.3, -0.25) is 4.79 Å². The van der Waals surface area contributed by atoms with Gasteiger partial charge in [-0.05, 0) is 38.5 Å². The molecule has 0 aromatic heterocycles. The molecule has 0 bridgehead atoms. The van der Waals surface area contributed by atoms with Crippen molar-refractivity contribution in [3.63, 3.8) is 0 Å². The van der Waals surface area contributed by atoms with Crippen LogP contribution in [0.1, 0.15) is 77.6 Å². The maximum atomic E-state index is 11.7. The molecule has 0 aliphatic rings. The Balaban J connectivity index is 3.44. The number of carbonyl (C=O) groups is 1. The van der Waals surface area contributed by atoms with Gasteiger partial charge >= 0.3 is 0 Å². The van der Waals surface area contributed by atoms with Crippen LogP contribution >= 0.6 is 7.77 Å². The van der Waals surface area contributed by atoms with Gasteiger partial charge in [-0.25, -0.2) is 0 Å². The standard InChI is InChI=1S/C23H41N2O3P/c1-2-3-4-5-6-7-8-9-10-11-12-13-14-15-16-18-22(26)25-19-17-20-29(28)23(27)21-24/h3-4,6-7,9-10,27H,2,5,8,11-21,24H2,1H3,(H,25,26). The number of hydrogen-bond acceptors (Lipinski definition) is 3. The lowest BCUT2D eigenvalue weighted by atomic mass is 10.1. The normalized spacial score (nSPS) is 13.0. The Labute approximate surface area is 178 Å². The number of hydrogen-bond donors (Lipinski definition) is 3. The highest BCUT2D eigenvalue weighted by Crippen LogP contribution is 2.13. The van der Waals surface area contributed by atoms with E-state index in [0.717, 1.165) is 38.5 Å². The second kappa shape index (κ2) is 21.4. The molecule has 0 heterocycles. The number of aliphatic hydroxyl groups is 1. The first-order valence-electron chi connectivity index (χ1n) is 11.0. The summed E-state index contributed by atoms with van der Waals surface area (Å²) in [5.74, 6) is 0.0495. The van der Waals surface area contributed by atoms with Gasteiger partial charge in [0.05, 0.1) is 14.3 Å². The number of nitrogens with two attached hydrogens (primary N) is 1. The molecule has 1 unspecified atom stereocenters. The van der Waals surface area contributed by atoms with Gasteiger partial charge in [0.2, 0.25) is 11.4 Å². The summed E-state index contributed by atoms with van der Waals surface area (Å²) in [5, 5.41) is 12.1. The summed E-state index contributed by atoms with van der Waals surface area (Å²) in [5.41, 5.74) is 5.08. The fourth-order valence-corrected chi connectivity index (χ4v) is 3.58. The Morgan fingerprint density at radius 2 is 1.59 bits per heavy atom. The van der Waals surface area contributed by atoms with Crippen molar-refractivity contribution in [1.29, 1.82) is 0 Å². The largest absolute Gasteiger partial charge is 0.629 e. The fourth-order valence-electron chi connectivity index (χ4n) is 2.67. The molecule has 0 fully saturated rings. The smallest absolute Gasteiger partial charge is 0.232 e. The van der Waals surface area contributed by atoms with Crippen molar-refractivity contribution < 1.29 is 14.8 Å². The average molecular weight is 425 g/mol. The highest BCUT2D eigenvalue weighted by Gasteiger charge is 2.06. The van der Waals surface area contributed by atoms with Crippen LogP contribution in [0.25, 0.3) is 0 Å². The second-order valence-corrected chi connectivity index (χ2v) is 8.75. The Hall–Kier alpha value is -1.26. The fraction of sp³-hybridized carbons (Fsp3) is 0.652. The summed E-state index contributed by atoms with van der Waals surface area (Å²) in [6, 6.07) is 0. The molecule has 166 valence electrons. The number of amides is 1. The first-order chi connectivity index (χ1) is 14.1. The van der Waals surface area contributed by atoms with Crippen molar-refractivity contribution in [1.82, 2.24) is 5.32 Å². The van der Waals surface area contributed by atoms with E-state index < -0.39 is 7.77 Å². The summed E-state index contributed by atoms with van der Waals surface area (Å²) in [6.45, 7) is 2.58. The predicted molar refractivity (Wildman–Crippen MR) is 125 cm³/mol. The third-order valence-corrected chi connectivity index (χ3v) is 5.87. The lowest BCUT2D eigenvalue weighted by Crippen LogP contribution is -2.25. The van der Waals surface area contributed by atoms with Crippen LogP contribution in [0.15, 0.2) is 36.5 Å². The first-order valence-corrected chi connectivity index (χ1v) is 12.5. The van der Waals surface area contributed by atoms with E-state index in [1.165, 1.54) is 19.3 Å². The second-order valence-electron chi connectivity index (χ2n) is 7.03. The Morgan fingerprint density at radius 3 is 2.28 bits per heavy atom. The molecular formula is C23H41N2O3P. The van der Waals surface area contributed by atoms with Crippen LogP contribution in [0.3, 0.4) is 0 Å². The predicted octanol–water partition coefficient (Wildman–Crippen LogP) is 4.30. The number of rotatable bonds is 18. The summed E-state index contributed by atoms with van der Waals surface area (Å²) in [4.78, 5) is 23.2. The summed E-state index contributed by atoms with van der Waals surface area (Å²) < 4.78 is 0. The molecule has 29 heavy (non-hydrogen) atoms. The molecule has 0 saturated heterocycles. The van der Waals surface area contributed by atoms with Crippen LogP contribution in [0, 0.1) is 0 Å². The molecule has 6 heteroatoms. The van der Waals surface area contributed by atoms with E-state index in [-0.39, 0.29) is 17.9 Å². The van der Waals surface area contributed by atoms with Crippen molar-refractivity contribution >= 4 is 19.2 Å². The van der Waals surface area contributed by atoms with Gasteiger partial charge in [-0.2, -0.15) is 0 Å². The minimum absolute atomic E-state index is 0.0495. The van der Waals surface area contributed by atoms with Gasteiger partial charge in [0.1, 0.15) is 6.16 Å². The van der Waals surface area contributed by atoms with Crippen molar-refractivity contribution in [3.05, 3.63) is 36.5 Å². The van der Waals surface area contributed by atoms with Gasteiger partial charge in [-0.1, -0.05) is 62.6 Å². The Bertz CT molecular complexity index is 528. The van der Waals surface area contributed by atoms with Crippen LogP contribution in [-0.4, -0.2) is 35.7 Å². The first kappa shape index (κ1) is 27.7. The topological polar surface area (TPSA) is 98.4 Å². The van der Waals surface area contributed by atoms with Crippen LogP contribution in [0.5, 0.6) is 0 Å². The molecule has 0 aliphatic carbocycles. The van der Waals surface area contributed by atoms with E-state index in [9.17, 15) is 14.8 Å². The lowest BCUT2D eigenvalue weighted by Gasteiger charge is -2.05. The zero-order valence-electron chi connectivity index (χ0n) is 18.2. The zero-order chi connectivity index (χ0) is 21.6. The minimum Gasteiger partial charge on any atom is -0.629 e. The summed E-state index contributed by atoms with van der Waals surface area (Å²) in [7, 11) is -1.77. The quantitative estimate of drug-likeness (QED) is 0.174. The average Bonchev–Trinajstić information content (AvgIpc) is 2.73. The molecule has 1 amide bonds. The van der Waals surface area contributed by atoms with Gasteiger partial charge in [-0.15, -0.1) is 0 Å². The Morgan fingerprint density at radius 1 is 0.966 bits per heavy atom. The van der Waals surface area contributed by atoms with E-state index in [0.29, 0.717) is 25.5 Å². The van der Waals surface area contributed by atoms with Crippen LogP contribution in [-0.2, 0) is 4.79 Å². The molecule has 4 N–H and O–H groups in total. The summed E-state index contributed by atoms with van der Waals surface area (Å²) in [6.07, 6.45) is 24.6. The zero-order valence-corrected chi connectivity index (χ0v) is 19.0. The number of aliphatic hydroxyl groups excluding tert-OH is 1. The van der Waals surface area contributed by atoms with Gasteiger partial charge in [0, 0.05) is 19.4 Å². The molecule has 5 nitrogen and oxygen atoms in total. The monoisotopic (exact) mass is 424 g/mol. The highest BCUT2D eigenvalue weighted by molar-refractivity contribution is 7.51. The number of allylic oxidation sites excluding steroid dienone is 6. The highest BCUT2D eigenvalue weighted by atomic mass is 31.1. The summed E-state index contributed by atoms with van der Waals surface area (Å²) >= 11 is 0. The van der Waals surface area contributed by atoms with Crippen LogP contribution in [0.2, 0.25) is 0 Å². The maximum Gasteiger partial charge on any atom is 0.232 e. The van der Waals surface area contributed by atoms with E-state index >= 15 is 0 Å². The Kier molecular flexibility index (Phi) is 20.5. The van der Waals surface area contributed by atoms with Crippen LogP contribution < -0.4 is 15.9 Å². The number of carbonyl (C=O) groups excluding carboxylic acids is 1. The molecule has 0 rings (SSSR count). The molecule has 0 aromatic carbocycles. The molecule has 1 atom stereocenters. The van der Waals surface area contributed by atoms with Crippen molar-refractivity contribution in [2.24, 2.45) is 5.73 Å². The number of unbranched alkanes of at least 4 members (excludes halogenated alkanes) is 5. The third kappa shape index (κ3) is 19.8. The molecule has 0 aliphatic heterocycles. The number of nitrogens with one attached hydrogen (secondary N) is 1. The molecule has 0 aromatic rings. The third-order valence-electron chi connectivity index (χ3n) is 4.39. The minimum atomic E-state index is -1.77. The van der Waals surface area contributed by atoms with Gasteiger partial charge < -0.3 is 21.1 Å². The van der Waals surface area contributed by atoms with E-state index in [1.54, 1.807) is 0 Å². The SMILES string of the molecule is CCC=CCC=CCC=CCCCCCCCC(=O)NCCC/[P+]([O-])=C(\O)CN. The van der Waals surface area contributed by atoms with E-state index in [2.05, 4.69) is 48.7 Å². The molecular weight excluding hydrogens is 383 g/mol. The van der Waals surface area contributed by atoms with Crippen LogP contribution in [0.4, 0.5) is 0 Å². The lowest BCUT2D eigenvalue weighted by molar-refractivity contribution is -0.153. The molecule has 0 spiro atoms.